The number of hydrogen-bond acceptors (Lipinski definition) is 4. The van der Waals surface area contributed by atoms with Crippen LogP contribution in [0.25, 0.3) is 0 Å². The number of unbranched alkanes of at least 4 members (excludes halogenated alkanes) is 24. The lowest BCUT2D eigenvalue weighted by Gasteiger charge is -2.27. The molecule has 5 heteroatoms. The van der Waals surface area contributed by atoms with Crippen LogP contribution >= 0.6 is 12.4 Å². The van der Waals surface area contributed by atoms with Crippen LogP contribution in [-0.4, -0.2) is 60.2 Å². The van der Waals surface area contributed by atoms with Gasteiger partial charge in [-0.3, -0.25) is 9.89 Å². The van der Waals surface area contributed by atoms with Crippen molar-refractivity contribution in [1.82, 2.24) is 9.80 Å². The van der Waals surface area contributed by atoms with Crippen LogP contribution in [0.1, 0.15) is 194 Å². The molecule has 0 radical (unpaired) electrons. The van der Waals surface area contributed by atoms with Gasteiger partial charge < -0.3 is 10.0 Å². The van der Waals surface area contributed by atoms with E-state index in [1.165, 1.54) is 166 Å². The lowest BCUT2D eigenvalue weighted by atomic mass is 10.0. The molecule has 1 rings (SSSR count). The van der Waals surface area contributed by atoms with Gasteiger partial charge in [-0.15, -0.1) is 12.4 Å². The Morgan fingerprint density at radius 3 is 1.43 bits per heavy atom. The zero-order valence-electron chi connectivity index (χ0n) is 28.9. The lowest BCUT2D eigenvalue weighted by molar-refractivity contribution is 0.0117. The van der Waals surface area contributed by atoms with Crippen molar-refractivity contribution in [3.8, 4) is 0 Å². The maximum Gasteiger partial charge on any atom is 0.107 e. The van der Waals surface area contributed by atoms with Crippen LogP contribution in [0.5, 0.6) is 0 Å². The predicted octanol–water partition coefficient (Wildman–Crippen LogP) is 11.3. The third-order valence-corrected chi connectivity index (χ3v) is 9.33. The quantitative estimate of drug-likeness (QED) is 0.0605. The fourth-order valence-electron chi connectivity index (χ4n) is 6.30. The Morgan fingerprint density at radius 1 is 0.619 bits per heavy atom. The molecule has 0 aliphatic carbocycles. The van der Waals surface area contributed by atoms with Gasteiger partial charge in [-0.25, -0.2) is 0 Å². The zero-order chi connectivity index (χ0) is 29.6. The van der Waals surface area contributed by atoms with Gasteiger partial charge >= 0.3 is 0 Å². The molecule has 1 N–H and O–H groups in total. The molecule has 0 amide bonds. The Kier molecular flexibility index (Phi) is 31.8. The smallest absolute Gasteiger partial charge is 0.107 e. The number of aliphatic imine (C=N–C) groups is 1. The molecule has 252 valence electrons. The Hall–Kier alpha value is -0.320. The molecule has 0 fully saturated rings. The van der Waals surface area contributed by atoms with Crippen molar-refractivity contribution in [2.24, 2.45) is 4.99 Å². The maximum atomic E-state index is 10.6. The summed E-state index contributed by atoms with van der Waals surface area (Å²) in [5.74, 6) is 1.33. The second-order valence-electron chi connectivity index (χ2n) is 13.3. The Labute approximate surface area is 270 Å². The molecule has 0 spiro atoms. The van der Waals surface area contributed by atoms with Crippen molar-refractivity contribution in [3.63, 3.8) is 0 Å². The molecule has 0 aromatic heterocycles. The van der Waals surface area contributed by atoms with E-state index >= 15 is 0 Å². The van der Waals surface area contributed by atoms with Crippen molar-refractivity contribution in [1.29, 1.82) is 0 Å². The number of aliphatic hydroxyl groups is 1. The monoisotopic (exact) mass is 614 g/mol. The van der Waals surface area contributed by atoms with E-state index in [1.807, 2.05) is 0 Å². The summed E-state index contributed by atoms with van der Waals surface area (Å²) in [6.45, 7) is 8.54. The van der Waals surface area contributed by atoms with Gasteiger partial charge in [-0.05, 0) is 26.3 Å². The molecule has 1 heterocycles. The van der Waals surface area contributed by atoms with Crippen LogP contribution in [0.3, 0.4) is 0 Å². The first-order valence-electron chi connectivity index (χ1n) is 18.9. The van der Waals surface area contributed by atoms with Gasteiger partial charge in [0.2, 0.25) is 0 Å². The van der Waals surface area contributed by atoms with Crippen LogP contribution in [0, 0.1) is 0 Å². The van der Waals surface area contributed by atoms with Gasteiger partial charge in [-0.1, -0.05) is 168 Å². The van der Waals surface area contributed by atoms with Crippen LogP contribution in [0.2, 0.25) is 0 Å². The van der Waals surface area contributed by atoms with Gasteiger partial charge in [0, 0.05) is 26.1 Å². The summed E-state index contributed by atoms with van der Waals surface area (Å²) in [6, 6.07) is 0. The fraction of sp³-hybridized carbons (Fsp3) is 0.973. The van der Waals surface area contributed by atoms with Crippen molar-refractivity contribution in [2.75, 3.05) is 33.2 Å². The summed E-state index contributed by atoms with van der Waals surface area (Å²) < 4.78 is 0. The number of aliphatic hydroxyl groups excluding tert-OH is 1. The minimum absolute atomic E-state index is 0. The summed E-state index contributed by atoms with van der Waals surface area (Å²) in [4.78, 5) is 9.45. The van der Waals surface area contributed by atoms with Gasteiger partial charge in [0.15, 0.2) is 0 Å². The highest BCUT2D eigenvalue weighted by Gasteiger charge is 2.18. The van der Waals surface area contributed by atoms with Crippen molar-refractivity contribution >= 4 is 18.2 Å². The summed E-state index contributed by atoms with van der Waals surface area (Å²) in [7, 11) is 2.09. The molecule has 1 unspecified atom stereocenters. The molecular weight excluding hydrogens is 538 g/mol. The van der Waals surface area contributed by atoms with Crippen LogP contribution in [0.15, 0.2) is 4.99 Å². The minimum Gasteiger partial charge on any atom is -0.378 e. The molecule has 42 heavy (non-hydrogen) atoms. The number of likely N-dealkylation sites (N-methyl/N-ethyl adjacent to an activating group) is 1. The number of amidine groups is 1. The number of nitrogens with zero attached hydrogens (tertiary/aromatic N) is 3. The largest absolute Gasteiger partial charge is 0.378 e. The Balaban J connectivity index is 0.0000168. The first-order valence-corrected chi connectivity index (χ1v) is 18.9. The second-order valence-corrected chi connectivity index (χ2v) is 13.3. The lowest BCUT2D eigenvalue weighted by Crippen LogP contribution is -2.40. The second kappa shape index (κ2) is 32.1. The fourth-order valence-corrected chi connectivity index (χ4v) is 6.30. The van der Waals surface area contributed by atoms with Gasteiger partial charge in [0.25, 0.3) is 0 Å². The van der Waals surface area contributed by atoms with Gasteiger partial charge in [0.05, 0.1) is 12.4 Å². The highest BCUT2D eigenvalue weighted by molar-refractivity contribution is 5.85. The van der Waals surface area contributed by atoms with Crippen molar-refractivity contribution < 1.29 is 5.11 Å². The van der Waals surface area contributed by atoms with E-state index in [0.717, 1.165) is 45.4 Å². The van der Waals surface area contributed by atoms with Crippen LogP contribution < -0.4 is 0 Å². The molecule has 1 atom stereocenters. The van der Waals surface area contributed by atoms with Crippen molar-refractivity contribution in [3.05, 3.63) is 0 Å². The third-order valence-electron chi connectivity index (χ3n) is 9.33. The standard InChI is InChI=1S/C37H75N3O.ClH/c1-4-6-8-10-12-14-16-18-20-22-24-26-28-30-36-38-32-33-40(36)35-34-39(3)37(41)31-29-27-25-23-21-19-17-15-13-11-9-7-5-2;/h37,41H,4-35H2,1-3H3;1H. The zero-order valence-corrected chi connectivity index (χ0v) is 29.7. The molecule has 0 aromatic rings. The molecule has 1 aliphatic rings. The molecule has 0 saturated carbocycles. The van der Waals surface area contributed by atoms with Gasteiger partial charge in [-0.2, -0.15) is 0 Å². The first kappa shape index (κ1) is 41.7. The van der Waals surface area contributed by atoms with Crippen LogP contribution in [0.4, 0.5) is 0 Å². The molecule has 1 aliphatic heterocycles. The van der Waals surface area contributed by atoms with E-state index in [4.69, 9.17) is 4.99 Å². The molecular formula is C37H76ClN3O. The number of hydrogen-bond donors (Lipinski definition) is 1. The molecule has 4 nitrogen and oxygen atoms in total. The Morgan fingerprint density at radius 2 is 1.00 bits per heavy atom. The highest BCUT2D eigenvalue weighted by Crippen LogP contribution is 2.16. The summed E-state index contributed by atoms with van der Waals surface area (Å²) in [5.41, 5.74) is 0. The van der Waals surface area contributed by atoms with E-state index in [9.17, 15) is 5.11 Å². The first-order chi connectivity index (χ1) is 20.2. The average molecular weight is 614 g/mol. The summed E-state index contributed by atoms with van der Waals surface area (Å²) >= 11 is 0. The molecule has 0 aromatic carbocycles. The number of halogens is 1. The number of rotatable bonds is 32. The highest BCUT2D eigenvalue weighted by atomic mass is 35.5. The topological polar surface area (TPSA) is 39.1 Å². The normalized spacial score (nSPS) is 14.0. The summed E-state index contributed by atoms with van der Waals surface area (Å²) in [5, 5.41) is 10.6. The average Bonchev–Trinajstić information content (AvgIpc) is 3.43. The maximum absolute atomic E-state index is 10.6. The minimum atomic E-state index is -0.299. The SMILES string of the molecule is CCCCCCCCCCCCCCCC1=NCCN1CCN(C)C(O)CCCCCCCCCCCCCCC.Cl. The molecule has 0 bridgehead atoms. The van der Waals surface area contributed by atoms with Crippen LogP contribution in [-0.2, 0) is 0 Å². The van der Waals surface area contributed by atoms with E-state index in [-0.39, 0.29) is 18.6 Å². The third kappa shape index (κ3) is 25.1. The predicted molar refractivity (Wildman–Crippen MR) is 190 cm³/mol. The molecule has 0 saturated heterocycles. The Bertz CT molecular complexity index is 573. The van der Waals surface area contributed by atoms with E-state index < -0.39 is 0 Å². The van der Waals surface area contributed by atoms with Gasteiger partial charge in [0.1, 0.15) is 6.23 Å². The van der Waals surface area contributed by atoms with E-state index in [0.29, 0.717) is 0 Å². The van der Waals surface area contributed by atoms with E-state index in [1.54, 1.807) is 0 Å². The summed E-state index contributed by atoms with van der Waals surface area (Å²) in [6.07, 6.45) is 37.9. The van der Waals surface area contributed by atoms with E-state index in [2.05, 4.69) is 30.7 Å². The van der Waals surface area contributed by atoms with Crippen molar-refractivity contribution in [2.45, 2.75) is 200 Å².